The van der Waals surface area contributed by atoms with Crippen LogP contribution in [0, 0.1) is 6.92 Å². The second kappa shape index (κ2) is 3.72. The van der Waals surface area contributed by atoms with Crippen molar-refractivity contribution in [3.05, 3.63) is 29.1 Å². The summed E-state index contributed by atoms with van der Waals surface area (Å²) in [5.41, 5.74) is -0.841. The summed E-state index contributed by atoms with van der Waals surface area (Å²) in [5, 5.41) is 0. The molecule has 0 saturated carbocycles. The quantitative estimate of drug-likeness (QED) is 0.657. The minimum Gasteiger partial charge on any atom is -0.246 e. The molecule has 0 fully saturated rings. The van der Waals surface area contributed by atoms with Crippen molar-refractivity contribution < 1.29 is 17.6 Å². The van der Waals surface area contributed by atoms with Crippen molar-refractivity contribution in [3.63, 3.8) is 0 Å². The van der Waals surface area contributed by atoms with E-state index in [1.54, 1.807) is 0 Å². The first kappa shape index (κ1) is 9.95. The van der Waals surface area contributed by atoms with Gasteiger partial charge in [0.15, 0.2) is 0 Å². The SMILES string of the molecule is Cc1cc(C(F)F)nc(C(F)F)c1. The van der Waals surface area contributed by atoms with Gasteiger partial charge in [-0.15, -0.1) is 0 Å². The minimum atomic E-state index is -2.81. The first-order chi connectivity index (χ1) is 6.00. The first-order valence-electron chi connectivity index (χ1n) is 3.55. The molecule has 1 heterocycles. The highest BCUT2D eigenvalue weighted by atomic mass is 19.3. The number of hydrogen-bond acceptors (Lipinski definition) is 1. The third-order valence-electron chi connectivity index (χ3n) is 1.46. The third kappa shape index (κ3) is 2.40. The molecule has 0 amide bonds. The highest BCUT2D eigenvalue weighted by molar-refractivity contribution is 5.21. The Hall–Kier alpha value is -1.13. The Balaban J connectivity index is 3.11. The van der Waals surface area contributed by atoms with Gasteiger partial charge in [-0.25, -0.2) is 22.5 Å². The van der Waals surface area contributed by atoms with Gasteiger partial charge >= 0.3 is 0 Å². The van der Waals surface area contributed by atoms with Crippen LogP contribution in [0.3, 0.4) is 0 Å². The summed E-state index contributed by atoms with van der Waals surface area (Å²) in [5.74, 6) is 0. The molecule has 5 heteroatoms. The maximum Gasteiger partial charge on any atom is 0.280 e. The summed E-state index contributed by atoms with van der Waals surface area (Å²) in [7, 11) is 0. The van der Waals surface area contributed by atoms with E-state index in [1.165, 1.54) is 6.92 Å². The van der Waals surface area contributed by atoms with Crippen LogP contribution >= 0.6 is 0 Å². The van der Waals surface area contributed by atoms with Gasteiger partial charge in [-0.1, -0.05) is 0 Å². The Labute approximate surface area is 72.4 Å². The summed E-state index contributed by atoms with van der Waals surface area (Å²) in [6, 6.07) is 2.19. The van der Waals surface area contributed by atoms with E-state index in [0.29, 0.717) is 5.56 Å². The normalized spacial score (nSPS) is 11.3. The molecule has 0 aliphatic carbocycles. The summed E-state index contributed by atoms with van der Waals surface area (Å²) in [4.78, 5) is 3.13. The molecule has 0 N–H and O–H groups in total. The molecule has 1 rings (SSSR count). The maximum absolute atomic E-state index is 12.1. The fourth-order valence-electron chi connectivity index (χ4n) is 0.945. The van der Waals surface area contributed by atoms with E-state index in [9.17, 15) is 17.6 Å². The van der Waals surface area contributed by atoms with Crippen LogP contribution in [0.15, 0.2) is 12.1 Å². The van der Waals surface area contributed by atoms with Crippen molar-refractivity contribution in [2.45, 2.75) is 19.8 Å². The molecule has 0 radical (unpaired) electrons. The number of hydrogen-bond donors (Lipinski definition) is 0. The second-order valence-electron chi connectivity index (χ2n) is 2.60. The molecule has 0 bridgehead atoms. The number of aryl methyl sites for hydroxylation is 1. The van der Waals surface area contributed by atoms with Crippen molar-refractivity contribution in [2.24, 2.45) is 0 Å². The highest BCUT2D eigenvalue weighted by Gasteiger charge is 2.15. The number of halogens is 4. The van der Waals surface area contributed by atoms with E-state index < -0.39 is 24.2 Å². The fraction of sp³-hybridized carbons (Fsp3) is 0.375. The predicted molar refractivity (Wildman–Crippen MR) is 38.9 cm³/mol. The molecular formula is C8H7F4N. The lowest BCUT2D eigenvalue weighted by Crippen LogP contribution is -1.97. The van der Waals surface area contributed by atoms with E-state index in [1.807, 2.05) is 0 Å². The van der Waals surface area contributed by atoms with Gasteiger partial charge in [0.25, 0.3) is 12.9 Å². The van der Waals surface area contributed by atoms with Crippen LogP contribution in [0.2, 0.25) is 0 Å². The molecule has 1 aromatic rings. The van der Waals surface area contributed by atoms with Gasteiger partial charge in [-0.05, 0) is 24.6 Å². The molecule has 0 aliphatic heterocycles. The Morgan fingerprint density at radius 2 is 1.38 bits per heavy atom. The molecule has 0 aliphatic rings. The second-order valence-corrected chi connectivity index (χ2v) is 2.60. The number of rotatable bonds is 2. The largest absolute Gasteiger partial charge is 0.280 e. The highest BCUT2D eigenvalue weighted by Crippen LogP contribution is 2.23. The van der Waals surface area contributed by atoms with Crippen LogP contribution in [0.1, 0.15) is 29.8 Å². The average Bonchev–Trinajstić information content (AvgIpc) is 2.03. The number of aromatic nitrogens is 1. The summed E-state index contributed by atoms with van der Waals surface area (Å²) >= 11 is 0. The van der Waals surface area contributed by atoms with Gasteiger partial charge in [0.1, 0.15) is 11.4 Å². The van der Waals surface area contributed by atoms with E-state index in [0.717, 1.165) is 12.1 Å². The van der Waals surface area contributed by atoms with Crippen LogP contribution < -0.4 is 0 Å². The Kier molecular flexibility index (Phi) is 2.85. The molecule has 72 valence electrons. The molecular weight excluding hydrogens is 186 g/mol. The van der Waals surface area contributed by atoms with Crippen molar-refractivity contribution in [3.8, 4) is 0 Å². The van der Waals surface area contributed by atoms with E-state index in [2.05, 4.69) is 4.98 Å². The molecule has 0 aromatic carbocycles. The Bertz CT molecular complexity index is 272. The lowest BCUT2D eigenvalue weighted by Gasteiger charge is -2.04. The van der Waals surface area contributed by atoms with Gasteiger partial charge in [0, 0.05) is 0 Å². The number of nitrogens with zero attached hydrogens (tertiary/aromatic N) is 1. The number of pyridine rings is 1. The van der Waals surface area contributed by atoms with Gasteiger partial charge in [0.2, 0.25) is 0 Å². The lowest BCUT2D eigenvalue weighted by molar-refractivity contribution is 0.133. The summed E-state index contributed by atoms with van der Waals surface area (Å²) < 4.78 is 48.3. The van der Waals surface area contributed by atoms with Crippen molar-refractivity contribution in [2.75, 3.05) is 0 Å². The zero-order valence-electron chi connectivity index (χ0n) is 6.77. The number of alkyl halides is 4. The van der Waals surface area contributed by atoms with E-state index in [-0.39, 0.29) is 0 Å². The molecule has 0 saturated heterocycles. The summed E-state index contributed by atoms with van der Waals surface area (Å²) in [6.45, 7) is 1.47. The van der Waals surface area contributed by atoms with Gasteiger partial charge in [-0.3, -0.25) is 0 Å². The van der Waals surface area contributed by atoms with Crippen molar-refractivity contribution in [1.82, 2.24) is 4.98 Å². The van der Waals surface area contributed by atoms with Gasteiger partial charge in [0.05, 0.1) is 0 Å². The average molecular weight is 193 g/mol. The monoisotopic (exact) mass is 193 g/mol. The van der Waals surface area contributed by atoms with Gasteiger partial charge in [-0.2, -0.15) is 0 Å². The first-order valence-corrected chi connectivity index (χ1v) is 3.55. The van der Waals surface area contributed by atoms with Crippen molar-refractivity contribution in [1.29, 1.82) is 0 Å². The topological polar surface area (TPSA) is 12.9 Å². The van der Waals surface area contributed by atoms with Crippen LogP contribution in [0.5, 0.6) is 0 Å². The fourth-order valence-corrected chi connectivity index (χ4v) is 0.945. The molecule has 1 aromatic heterocycles. The van der Waals surface area contributed by atoms with Crippen LogP contribution in [-0.2, 0) is 0 Å². The minimum absolute atomic E-state index is 0.362. The zero-order valence-corrected chi connectivity index (χ0v) is 6.77. The summed E-state index contributed by atoms with van der Waals surface area (Å²) in [6.07, 6.45) is -5.62. The molecule has 0 unspecified atom stereocenters. The van der Waals surface area contributed by atoms with Crippen LogP contribution in [0.4, 0.5) is 17.6 Å². The molecule has 1 nitrogen and oxygen atoms in total. The van der Waals surface area contributed by atoms with Crippen LogP contribution in [-0.4, -0.2) is 4.98 Å². The Morgan fingerprint density at radius 1 is 1.00 bits per heavy atom. The Morgan fingerprint density at radius 3 is 1.69 bits per heavy atom. The third-order valence-corrected chi connectivity index (χ3v) is 1.46. The lowest BCUT2D eigenvalue weighted by atomic mass is 10.2. The van der Waals surface area contributed by atoms with E-state index >= 15 is 0 Å². The standard InChI is InChI=1S/C8H7F4N/c1-4-2-5(7(9)10)13-6(3-4)8(11)12/h2-3,7-8H,1H3. The van der Waals surface area contributed by atoms with Crippen molar-refractivity contribution >= 4 is 0 Å². The molecule has 0 atom stereocenters. The molecule has 13 heavy (non-hydrogen) atoms. The van der Waals surface area contributed by atoms with Gasteiger partial charge < -0.3 is 0 Å². The predicted octanol–water partition coefficient (Wildman–Crippen LogP) is 3.27. The zero-order chi connectivity index (χ0) is 10.0. The van der Waals surface area contributed by atoms with Crippen LogP contribution in [0.25, 0.3) is 0 Å². The smallest absolute Gasteiger partial charge is 0.246 e. The maximum atomic E-state index is 12.1. The van der Waals surface area contributed by atoms with E-state index in [4.69, 9.17) is 0 Å². The molecule has 0 spiro atoms.